The lowest BCUT2D eigenvalue weighted by atomic mass is 9.86. The van der Waals surface area contributed by atoms with Crippen molar-refractivity contribution < 1.29 is 5.11 Å². The summed E-state index contributed by atoms with van der Waals surface area (Å²) in [5, 5.41) is 10.1. The largest absolute Gasteiger partial charge is 0.508 e. The summed E-state index contributed by atoms with van der Waals surface area (Å²) >= 11 is 0. The minimum atomic E-state index is 0.451. The molecule has 1 N–H and O–H groups in total. The Morgan fingerprint density at radius 3 is 2.84 bits per heavy atom. The van der Waals surface area contributed by atoms with Crippen LogP contribution >= 0.6 is 0 Å². The number of hydrogen-bond donors (Lipinski definition) is 1. The van der Waals surface area contributed by atoms with Crippen LogP contribution in [0.1, 0.15) is 41.9 Å². The van der Waals surface area contributed by atoms with Gasteiger partial charge in [-0.1, -0.05) is 17.7 Å². The van der Waals surface area contributed by atoms with Gasteiger partial charge < -0.3 is 10.0 Å². The van der Waals surface area contributed by atoms with E-state index in [0.29, 0.717) is 11.7 Å². The van der Waals surface area contributed by atoms with E-state index >= 15 is 0 Å². The van der Waals surface area contributed by atoms with Crippen LogP contribution in [0.2, 0.25) is 0 Å². The number of aromatic hydroxyl groups is 1. The quantitative estimate of drug-likeness (QED) is 0.780. The smallest absolute Gasteiger partial charge is 0.118 e. The van der Waals surface area contributed by atoms with Crippen LogP contribution in [0, 0.1) is 6.92 Å². The van der Waals surface area contributed by atoms with Crippen LogP contribution in [0.4, 0.5) is 0 Å². The molecule has 1 aliphatic heterocycles. The number of phenols is 1. The number of fused-ring (bicyclic) bond motifs is 1. The highest BCUT2D eigenvalue weighted by Crippen LogP contribution is 2.38. The summed E-state index contributed by atoms with van der Waals surface area (Å²) in [6, 6.07) is 4.21. The molecule has 0 radical (unpaired) electrons. The van der Waals surface area contributed by atoms with Crippen LogP contribution in [0.3, 0.4) is 0 Å². The van der Waals surface area contributed by atoms with Crippen molar-refractivity contribution in [3.8, 4) is 5.75 Å². The first-order valence-corrected chi connectivity index (χ1v) is 7.35. The summed E-state index contributed by atoms with van der Waals surface area (Å²) in [5.41, 5.74) is 5.37. The molecule has 102 valence electrons. The van der Waals surface area contributed by atoms with Gasteiger partial charge in [-0.25, -0.2) is 0 Å². The predicted octanol–water partition coefficient (Wildman–Crippen LogP) is 3.38. The van der Waals surface area contributed by atoms with E-state index in [1.165, 1.54) is 30.4 Å². The lowest BCUT2D eigenvalue weighted by Gasteiger charge is -2.23. The summed E-state index contributed by atoms with van der Waals surface area (Å²) in [7, 11) is 2.21. The van der Waals surface area contributed by atoms with Gasteiger partial charge in [0, 0.05) is 19.0 Å². The SMILES string of the molecule is Cc1cc2c(cc1O)C(C1=CCCC1)CN(C)CC2. The van der Waals surface area contributed by atoms with Gasteiger partial charge in [0.15, 0.2) is 0 Å². The Morgan fingerprint density at radius 2 is 2.11 bits per heavy atom. The van der Waals surface area contributed by atoms with Crippen LogP contribution in [-0.4, -0.2) is 30.1 Å². The van der Waals surface area contributed by atoms with Gasteiger partial charge in [-0.05, 0) is 62.4 Å². The molecule has 1 aliphatic carbocycles. The first kappa shape index (κ1) is 12.7. The summed E-state index contributed by atoms with van der Waals surface area (Å²) in [6.07, 6.45) is 7.26. The zero-order valence-electron chi connectivity index (χ0n) is 11.9. The van der Waals surface area contributed by atoms with Gasteiger partial charge >= 0.3 is 0 Å². The van der Waals surface area contributed by atoms with Gasteiger partial charge in [0.25, 0.3) is 0 Å². The van der Waals surface area contributed by atoms with E-state index in [1.54, 1.807) is 5.57 Å². The highest BCUT2D eigenvalue weighted by molar-refractivity contribution is 5.46. The third-order valence-corrected chi connectivity index (χ3v) is 4.61. The number of benzene rings is 1. The van der Waals surface area contributed by atoms with Crippen LogP contribution in [-0.2, 0) is 6.42 Å². The molecule has 1 unspecified atom stereocenters. The maximum Gasteiger partial charge on any atom is 0.118 e. The number of hydrogen-bond acceptors (Lipinski definition) is 2. The molecule has 1 heterocycles. The molecule has 1 atom stereocenters. The first-order chi connectivity index (χ1) is 9.15. The standard InChI is InChI=1S/C17H23NO/c1-12-9-14-7-8-18(2)11-16(13-5-3-4-6-13)15(14)10-17(12)19/h5,9-10,16,19H,3-4,6-8,11H2,1-2H3. The average Bonchev–Trinajstić information content (AvgIpc) is 2.86. The van der Waals surface area contributed by atoms with Crippen molar-refractivity contribution >= 4 is 0 Å². The minimum Gasteiger partial charge on any atom is -0.508 e. The maximum atomic E-state index is 10.1. The average molecular weight is 257 g/mol. The molecule has 0 fully saturated rings. The normalized spacial score (nSPS) is 23.9. The van der Waals surface area contributed by atoms with Crippen molar-refractivity contribution in [2.75, 3.05) is 20.1 Å². The minimum absolute atomic E-state index is 0.451. The van der Waals surface area contributed by atoms with E-state index in [4.69, 9.17) is 0 Å². The molecule has 2 heteroatoms. The fourth-order valence-electron chi connectivity index (χ4n) is 3.46. The predicted molar refractivity (Wildman–Crippen MR) is 78.7 cm³/mol. The van der Waals surface area contributed by atoms with Gasteiger partial charge in [0.05, 0.1) is 0 Å². The molecule has 0 saturated heterocycles. The van der Waals surface area contributed by atoms with E-state index in [1.807, 2.05) is 13.0 Å². The maximum absolute atomic E-state index is 10.1. The highest BCUT2D eigenvalue weighted by atomic mass is 16.3. The second-order valence-electron chi connectivity index (χ2n) is 6.07. The van der Waals surface area contributed by atoms with Gasteiger partial charge in [-0.15, -0.1) is 0 Å². The third kappa shape index (κ3) is 2.42. The van der Waals surface area contributed by atoms with Crippen LogP contribution < -0.4 is 0 Å². The number of allylic oxidation sites excluding steroid dienone is 1. The summed E-state index contributed by atoms with van der Waals surface area (Å²) < 4.78 is 0. The lowest BCUT2D eigenvalue weighted by Crippen LogP contribution is -2.24. The lowest BCUT2D eigenvalue weighted by molar-refractivity contribution is 0.335. The molecule has 0 spiro atoms. The zero-order valence-corrected chi connectivity index (χ0v) is 11.9. The highest BCUT2D eigenvalue weighted by Gasteiger charge is 2.26. The van der Waals surface area contributed by atoms with Gasteiger partial charge in [-0.2, -0.15) is 0 Å². The van der Waals surface area contributed by atoms with Gasteiger partial charge in [0.1, 0.15) is 5.75 Å². The summed E-state index contributed by atoms with van der Waals surface area (Å²) in [6.45, 7) is 4.19. The fraction of sp³-hybridized carbons (Fsp3) is 0.529. The van der Waals surface area contributed by atoms with Gasteiger partial charge in [0.2, 0.25) is 0 Å². The van der Waals surface area contributed by atoms with E-state index in [0.717, 1.165) is 25.1 Å². The molecule has 3 rings (SSSR count). The Balaban J connectivity index is 2.06. The number of phenolic OH excluding ortho intramolecular Hbond substituents is 1. The van der Waals surface area contributed by atoms with E-state index < -0.39 is 0 Å². The first-order valence-electron chi connectivity index (χ1n) is 7.35. The van der Waals surface area contributed by atoms with Crippen molar-refractivity contribution in [1.29, 1.82) is 0 Å². The van der Waals surface area contributed by atoms with Crippen molar-refractivity contribution in [2.45, 2.75) is 38.5 Å². The molecule has 1 aromatic carbocycles. The second-order valence-corrected chi connectivity index (χ2v) is 6.07. The molecule has 0 bridgehead atoms. The van der Waals surface area contributed by atoms with Crippen molar-refractivity contribution in [3.63, 3.8) is 0 Å². The molecule has 2 aliphatic rings. The molecular formula is C17H23NO. The van der Waals surface area contributed by atoms with Crippen LogP contribution in [0.25, 0.3) is 0 Å². The number of aryl methyl sites for hydroxylation is 1. The van der Waals surface area contributed by atoms with Crippen LogP contribution in [0.5, 0.6) is 5.75 Å². The Morgan fingerprint density at radius 1 is 1.26 bits per heavy atom. The molecule has 0 saturated carbocycles. The number of rotatable bonds is 1. The van der Waals surface area contributed by atoms with Crippen molar-refractivity contribution in [3.05, 3.63) is 40.5 Å². The topological polar surface area (TPSA) is 23.5 Å². The van der Waals surface area contributed by atoms with Gasteiger partial charge in [-0.3, -0.25) is 0 Å². The molecule has 0 amide bonds. The Labute approximate surface area is 115 Å². The monoisotopic (exact) mass is 257 g/mol. The molecule has 0 aromatic heterocycles. The number of nitrogens with zero attached hydrogens (tertiary/aromatic N) is 1. The fourth-order valence-corrected chi connectivity index (χ4v) is 3.46. The number of likely N-dealkylation sites (N-methyl/N-ethyl adjacent to an activating group) is 1. The Hall–Kier alpha value is -1.28. The van der Waals surface area contributed by atoms with Crippen molar-refractivity contribution in [2.24, 2.45) is 0 Å². The van der Waals surface area contributed by atoms with Crippen LogP contribution in [0.15, 0.2) is 23.8 Å². The molecule has 2 nitrogen and oxygen atoms in total. The summed E-state index contributed by atoms with van der Waals surface area (Å²) in [5.74, 6) is 0.934. The Bertz CT molecular complexity index is 518. The van der Waals surface area contributed by atoms with Crippen molar-refractivity contribution in [1.82, 2.24) is 4.90 Å². The van der Waals surface area contributed by atoms with E-state index in [-0.39, 0.29) is 0 Å². The second kappa shape index (κ2) is 5.01. The Kier molecular flexibility index (Phi) is 3.36. The molecule has 19 heavy (non-hydrogen) atoms. The summed E-state index contributed by atoms with van der Waals surface area (Å²) in [4.78, 5) is 2.43. The third-order valence-electron chi connectivity index (χ3n) is 4.61. The molecule has 1 aromatic rings. The van der Waals surface area contributed by atoms with E-state index in [2.05, 4.69) is 24.1 Å². The molecular weight excluding hydrogens is 234 g/mol. The van der Waals surface area contributed by atoms with E-state index in [9.17, 15) is 5.11 Å². The zero-order chi connectivity index (χ0) is 13.4.